The van der Waals surface area contributed by atoms with E-state index in [0.29, 0.717) is 11.3 Å². The van der Waals surface area contributed by atoms with Crippen LogP contribution in [0.25, 0.3) is 6.08 Å². The van der Waals surface area contributed by atoms with Gasteiger partial charge in [0.15, 0.2) is 11.6 Å². The number of rotatable bonds is 6. The number of benzene rings is 1. The summed E-state index contributed by atoms with van der Waals surface area (Å²) in [5, 5.41) is 11.8. The molecule has 0 aliphatic heterocycles. The van der Waals surface area contributed by atoms with E-state index in [2.05, 4.69) is 10.3 Å². The van der Waals surface area contributed by atoms with Crippen molar-refractivity contribution in [2.75, 3.05) is 6.61 Å². The molecule has 3 rings (SSSR count). The van der Waals surface area contributed by atoms with Crippen molar-refractivity contribution in [3.05, 3.63) is 60.2 Å². The van der Waals surface area contributed by atoms with Gasteiger partial charge in [-0.25, -0.2) is 4.39 Å². The normalized spacial score (nSPS) is 19.4. The molecule has 0 bridgehead atoms. The number of ether oxygens (including phenoxy) is 1. The lowest BCUT2D eigenvalue weighted by molar-refractivity contribution is -0.118. The Morgan fingerprint density at radius 2 is 2.24 bits per heavy atom. The van der Waals surface area contributed by atoms with Gasteiger partial charge in [0.2, 0.25) is 5.91 Å². The Morgan fingerprint density at radius 3 is 2.92 bits per heavy atom. The minimum Gasteiger partial charge on any atom is -0.453 e. The van der Waals surface area contributed by atoms with Crippen LogP contribution in [0.4, 0.5) is 4.39 Å². The summed E-state index contributed by atoms with van der Waals surface area (Å²) in [4.78, 5) is 15.7. The fourth-order valence-electron chi connectivity index (χ4n) is 2.66. The number of hydrogen-bond donors (Lipinski definition) is 2. The fraction of sp³-hybridized carbons (Fsp3) is 0.263. The van der Waals surface area contributed by atoms with Crippen molar-refractivity contribution in [2.24, 2.45) is 5.92 Å². The predicted octanol–water partition coefficient (Wildman–Crippen LogP) is 2.91. The second-order valence-electron chi connectivity index (χ2n) is 6.04. The van der Waals surface area contributed by atoms with E-state index in [1.165, 1.54) is 24.4 Å². The van der Waals surface area contributed by atoms with Crippen molar-refractivity contribution in [3.63, 3.8) is 0 Å². The Balaban J connectivity index is 1.56. The third-order valence-corrected chi connectivity index (χ3v) is 4.09. The second-order valence-corrected chi connectivity index (χ2v) is 6.04. The van der Waals surface area contributed by atoms with E-state index < -0.39 is 5.82 Å². The summed E-state index contributed by atoms with van der Waals surface area (Å²) in [6.07, 6.45) is 7.63. The Kier molecular flexibility index (Phi) is 5.40. The molecule has 0 atom stereocenters. The van der Waals surface area contributed by atoms with Gasteiger partial charge in [0, 0.05) is 24.9 Å². The number of aromatic nitrogens is 1. The Labute approximate surface area is 145 Å². The summed E-state index contributed by atoms with van der Waals surface area (Å²) in [5.41, 5.74) is 0.563. The Bertz CT molecular complexity index is 759. The first-order chi connectivity index (χ1) is 12.1. The first-order valence-electron chi connectivity index (χ1n) is 8.11. The minimum absolute atomic E-state index is 0.0964. The Morgan fingerprint density at radius 1 is 1.40 bits per heavy atom. The maximum absolute atomic E-state index is 14.1. The number of nitrogens with zero attached hydrogens (tertiary/aromatic N) is 1. The number of aliphatic hydroxyl groups is 1. The molecule has 6 heteroatoms. The number of pyridine rings is 1. The second kappa shape index (κ2) is 7.90. The molecule has 5 nitrogen and oxygen atoms in total. The average Bonchev–Trinajstić information content (AvgIpc) is 2.59. The molecular formula is C19H19FN2O3. The SMILES string of the molecule is O=C(/C=C/c1ccc(Oc2cccnc2)c(F)c1)NC1CC(CO)C1. The van der Waals surface area contributed by atoms with Gasteiger partial charge in [0.25, 0.3) is 0 Å². The largest absolute Gasteiger partial charge is 0.453 e. The predicted molar refractivity (Wildman–Crippen MR) is 91.5 cm³/mol. The number of aliphatic hydroxyl groups excluding tert-OH is 1. The van der Waals surface area contributed by atoms with Gasteiger partial charge in [-0.15, -0.1) is 0 Å². The van der Waals surface area contributed by atoms with Crippen LogP contribution in [-0.4, -0.2) is 28.6 Å². The zero-order valence-corrected chi connectivity index (χ0v) is 13.6. The highest BCUT2D eigenvalue weighted by Crippen LogP contribution is 2.27. The maximum atomic E-state index is 14.1. The number of carbonyl (C=O) groups is 1. The fourth-order valence-corrected chi connectivity index (χ4v) is 2.66. The van der Waals surface area contributed by atoms with Gasteiger partial charge >= 0.3 is 0 Å². The molecule has 130 valence electrons. The van der Waals surface area contributed by atoms with Gasteiger partial charge in [-0.1, -0.05) is 6.07 Å². The van der Waals surface area contributed by atoms with E-state index >= 15 is 0 Å². The van der Waals surface area contributed by atoms with Crippen LogP contribution in [0.15, 0.2) is 48.8 Å². The van der Waals surface area contributed by atoms with Crippen molar-refractivity contribution >= 4 is 12.0 Å². The van der Waals surface area contributed by atoms with E-state index in [9.17, 15) is 9.18 Å². The van der Waals surface area contributed by atoms with Crippen LogP contribution in [0.3, 0.4) is 0 Å². The number of amides is 1. The van der Waals surface area contributed by atoms with Crippen LogP contribution in [0.2, 0.25) is 0 Å². The number of halogens is 1. The van der Waals surface area contributed by atoms with Crippen LogP contribution >= 0.6 is 0 Å². The average molecular weight is 342 g/mol. The van der Waals surface area contributed by atoms with Gasteiger partial charge in [-0.3, -0.25) is 9.78 Å². The van der Waals surface area contributed by atoms with E-state index in [-0.39, 0.29) is 30.2 Å². The summed E-state index contributed by atoms with van der Waals surface area (Å²) in [6.45, 7) is 0.162. The van der Waals surface area contributed by atoms with Crippen molar-refractivity contribution in [1.82, 2.24) is 10.3 Å². The summed E-state index contributed by atoms with van der Waals surface area (Å²) < 4.78 is 19.5. The standard InChI is InChI=1S/C19H19FN2O3/c20-17-10-13(3-5-18(17)25-16-2-1-7-21-11-16)4-6-19(24)22-15-8-14(9-15)12-23/h1-7,10-11,14-15,23H,8-9,12H2,(H,22,24)/b6-4+. The maximum Gasteiger partial charge on any atom is 0.244 e. The lowest BCUT2D eigenvalue weighted by Gasteiger charge is -2.34. The Hall–Kier alpha value is -2.73. The molecule has 1 aliphatic rings. The highest BCUT2D eigenvalue weighted by Gasteiger charge is 2.28. The monoisotopic (exact) mass is 342 g/mol. The van der Waals surface area contributed by atoms with Gasteiger partial charge < -0.3 is 15.2 Å². The van der Waals surface area contributed by atoms with Gasteiger partial charge in [-0.05, 0) is 54.7 Å². The highest BCUT2D eigenvalue weighted by atomic mass is 19.1. The molecule has 0 unspecified atom stereocenters. The van der Waals surface area contributed by atoms with E-state index in [0.717, 1.165) is 12.8 Å². The summed E-state index contributed by atoms with van der Waals surface area (Å²) in [7, 11) is 0. The van der Waals surface area contributed by atoms with Crippen LogP contribution in [-0.2, 0) is 4.79 Å². The summed E-state index contributed by atoms with van der Waals surface area (Å²) in [6, 6.07) is 7.99. The van der Waals surface area contributed by atoms with Crippen LogP contribution < -0.4 is 10.1 Å². The molecule has 1 aromatic heterocycles. The quantitative estimate of drug-likeness (QED) is 0.792. The van der Waals surface area contributed by atoms with Crippen molar-refractivity contribution in [3.8, 4) is 11.5 Å². The van der Waals surface area contributed by atoms with Crippen molar-refractivity contribution < 1.29 is 19.0 Å². The molecule has 2 N–H and O–H groups in total. The molecule has 1 heterocycles. The molecule has 1 saturated carbocycles. The highest BCUT2D eigenvalue weighted by molar-refractivity contribution is 5.92. The molecular weight excluding hydrogens is 323 g/mol. The van der Waals surface area contributed by atoms with Gasteiger partial charge in [-0.2, -0.15) is 0 Å². The van der Waals surface area contributed by atoms with Crippen LogP contribution in [0.5, 0.6) is 11.5 Å². The van der Waals surface area contributed by atoms with Crippen molar-refractivity contribution in [2.45, 2.75) is 18.9 Å². The lowest BCUT2D eigenvalue weighted by atomic mass is 9.81. The molecule has 0 saturated heterocycles. The zero-order valence-electron chi connectivity index (χ0n) is 13.6. The minimum atomic E-state index is -0.517. The van der Waals surface area contributed by atoms with E-state index in [4.69, 9.17) is 9.84 Å². The molecule has 1 aromatic carbocycles. The third-order valence-electron chi connectivity index (χ3n) is 4.09. The zero-order chi connectivity index (χ0) is 17.6. The molecule has 25 heavy (non-hydrogen) atoms. The summed E-state index contributed by atoms with van der Waals surface area (Å²) in [5.74, 6) is 0.0919. The topological polar surface area (TPSA) is 71.5 Å². The van der Waals surface area contributed by atoms with E-state index in [1.807, 2.05) is 0 Å². The number of hydrogen-bond acceptors (Lipinski definition) is 4. The smallest absolute Gasteiger partial charge is 0.244 e. The molecule has 0 radical (unpaired) electrons. The van der Waals surface area contributed by atoms with Crippen molar-refractivity contribution in [1.29, 1.82) is 0 Å². The molecule has 1 amide bonds. The number of carbonyl (C=O) groups excluding carboxylic acids is 1. The van der Waals surface area contributed by atoms with Crippen LogP contribution in [0, 0.1) is 11.7 Å². The first-order valence-corrected chi connectivity index (χ1v) is 8.11. The van der Waals surface area contributed by atoms with Gasteiger partial charge in [0.1, 0.15) is 5.75 Å². The molecule has 0 spiro atoms. The van der Waals surface area contributed by atoms with E-state index in [1.54, 1.807) is 30.5 Å². The molecule has 1 fully saturated rings. The number of nitrogens with one attached hydrogen (secondary N) is 1. The lowest BCUT2D eigenvalue weighted by Crippen LogP contribution is -2.44. The first kappa shape index (κ1) is 17.1. The van der Waals surface area contributed by atoms with Gasteiger partial charge in [0.05, 0.1) is 6.20 Å². The summed E-state index contributed by atoms with van der Waals surface area (Å²) >= 11 is 0. The molecule has 2 aromatic rings. The van der Waals surface area contributed by atoms with Crippen LogP contribution in [0.1, 0.15) is 18.4 Å². The third kappa shape index (κ3) is 4.64. The molecule has 1 aliphatic carbocycles.